The Morgan fingerprint density at radius 1 is 1.19 bits per heavy atom. The van der Waals surface area contributed by atoms with Crippen LogP contribution in [0.15, 0.2) is 30.5 Å². The van der Waals surface area contributed by atoms with Crippen LogP contribution in [0.2, 0.25) is 0 Å². The van der Waals surface area contributed by atoms with Gasteiger partial charge in [-0.25, -0.2) is 9.37 Å². The summed E-state index contributed by atoms with van der Waals surface area (Å²) >= 11 is 0. The minimum absolute atomic E-state index is 0.196. The molecule has 0 aliphatic rings. The summed E-state index contributed by atoms with van der Waals surface area (Å²) in [6.45, 7) is 10.0. The van der Waals surface area contributed by atoms with Crippen LogP contribution in [0.1, 0.15) is 56.3 Å². The van der Waals surface area contributed by atoms with Gasteiger partial charge in [-0.3, -0.25) is 0 Å². The molecule has 0 bridgehead atoms. The van der Waals surface area contributed by atoms with E-state index in [1.165, 1.54) is 5.56 Å². The number of ether oxygens (including phenoxy) is 1. The van der Waals surface area contributed by atoms with Crippen LogP contribution in [-0.4, -0.2) is 23.3 Å². The van der Waals surface area contributed by atoms with Crippen LogP contribution in [0.25, 0.3) is 22.3 Å². The molecule has 0 amide bonds. The summed E-state index contributed by atoms with van der Waals surface area (Å²) < 4.78 is 21.0. The highest BCUT2D eigenvalue weighted by molar-refractivity contribution is 5.85. The fourth-order valence-electron chi connectivity index (χ4n) is 3.57. The number of hydrogen-bond acceptors (Lipinski definition) is 2. The summed E-state index contributed by atoms with van der Waals surface area (Å²) in [6, 6.07) is 8.33. The van der Waals surface area contributed by atoms with Crippen molar-refractivity contribution in [3.8, 4) is 17.0 Å². The molecule has 0 fully saturated rings. The standard InChI is InChI=1S/C23H29FN2O/c1-7-17-10-20-22(15(4)13-26(20)16(5)12-24)25-23(17)19-9-8-18(14(2)3)11-21(19)27-6/h8-11,13-14,16H,7,12H2,1-6H3/t16-/m1/s1. The van der Waals surface area contributed by atoms with Gasteiger partial charge in [-0.2, -0.15) is 0 Å². The van der Waals surface area contributed by atoms with Gasteiger partial charge in [-0.1, -0.05) is 26.8 Å². The van der Waals surface area contributed by atoms with Crippen molar-refractivity contribution in [2.24, 2.45) is 0 Å². The maximum atomic E-state index is 13.3. The molecule has 3 rings (SSSR count). The molecule has 0 saturated heterocycles. The molecule has 0 aliphatic heterocycles. The van der Waals surface area contributed by atoms with E-state index >= 15 is 0 Å². The first kappa shape index (κ1) is 19.4. The Morgan fingerprint density at radius 3 is 2.52 bits per heavy atom. The van der Waals surface area contributed by atoms with E-state index in [0.717, 1.165) is 45.6 Å². The number of methoxy groups -OCH3 is 1. The van der Waals surface area contributed by atoms with Crippen molar-refractivity contribution in [2.75, 3.05) is 13.8 Å². The monoisotopic (exact) mass is 368 g/mol. The summed E-state index contributed by atoms with van der Waals surface area (Å²) in [4.78, 5) is 5.01. The lowest BCUT2D eigenvalue weighted by Gasteiger charge is -2.16. The molecule has 1 atom stereocenters. The smallest absolute Gasteiger partial charge is 0.128 e. The fraction of sp³-hybridized carbons (Fsp3) is 0.435. The highest BCUT2D eigenvalue weighted by Crippen LogP contribution is 2.36. The predicted octanol–water partition coefficient (Wildman–Crippen LogP) is 6.24. The maximum Gasteiger partial charge on any atom is 0.128 e. The zero-order chi connectivity index (χ0) is 19.7. The Bertz CT molecular complexity index is 959. The summed E-state index contributed by atoms with van der Waals surface area (Å²) in [6.07, 6.45) is 2.85. The zero-order valence-corrected chi connectivity index (χ0v) is 17.1. The van der Waals surface area contributed by atoms with Crippen molar-refractivity contribution < 1.29 is 9.13 Å². The van der Waals surface area contributed by atoms with Gasteiger partial charge in [0, 0.05) is 11.8 Å². The van der Waals surface area contributed by atoms with Crippen LogP contribution >= 0.6 is 0 Å². The molecule has 0 radical (unpaired) electrons. The van der Waals surface area contributed by atoms with Gasteiger partial charge >= 0.3 is 0 Å². The highest BCUT2D eigenvalue weighted by atomic mass is 19.1. The molecule has 0 unspecified atom stereocenters. The number of rotatable bonds is 6. The number of aryl methyl sites for hydroxylation is 2. The van der Waals surface area contributed by atoms with E-state index < -0.39 is 6.67 Å². The van der Waals surface area contributed by atoms with Gasteiger partial charge < -0.3 is 9.30 Å². The molecule has 1 aromatic carbocycles. The van der Waals surface area contributed by atoms with Crippen LogP contribution in [0.4, 0.5) is 4.39 Å². The number of hydrogen-bond donors (Lipinski definition) is 0. The Labute approximate surface area is 161 Å². The molecule has 27 heavy (non-hydrogen) atoms. The molecular formula is C23H29FN2O. The lowest BCUT2D eigenvalue weighted by Crippen LogP contribution is -2.06. The van der Waals surface area contributed by atoms with E-state index in [-0.39, 0.29) is 6.04 Å². The Kier molecular flexibility index (Phi) is 5.54. The lowest BCUT2D eigenvalue weighted by atomic mass is 9.97. The normalized spacial score (nSPS) is 12.7. The Balaban J connectivity index is 2.25. The summed E-state index contributed by atoms with van der Waals surface area (Å²) in [5.74, 6) is 1.28. The van der Waals surface area contributed by atoms with E-state index in [2.05, 4.69) is 45.0 Å². The number of pyridine rings is 1. The molecule has 4 heteroatoms. The first-order valence-electron chi connectivity index (χ1n) is 9.66. The minimum atomic E-state index is -0.392. The van der Waals surface area contributed by atoms with E-state index in [1.54, 1.807) is 7.11 Å². The lowest BCUT2D eigenvalue weighted by molar-refractivity contribution is 0.383. The average molecular weight is 368 g/mol. The van der Waals surface area contributed by atoms with Gasteiger partial charge in [0.2, 0.25) is 0 Å². The van der Waals surface area contributed by atoms with Crippen LogP contribution in [0.5, 0.6) is 5.75 Å². The van der Waals surface area contributed by atoms with E-state index in [1.807, 2.05) is 24.6 Å². The molecule has 0 saturated carbocycles. The van der Waals surface area contributed by atoms with Crippen LogP contribution in [0.3, 0.4) is 0 Å². The number of aromatic nitrogens is 2. The first-order chi connectivity index (χ1) is 12.9. The molecule has 3 aromatic rings. The second kappa shape index (κ2) is 7.71. The third-order valence-corrected chi connectivity index (χ3v) is 5.29. The average Bonchev–Trinajstić information content (AvgIpc) is 3.01. The molecule has 0 spiro atoms. The van der Waals surface area contributed by atoms with Crippen LogP contribution in [0, 0.1) is 6.92 Å². The highest BCUT2D eigenvalue weighted by Gasteiger charge is 2.18. The van der Waals surface area contributed by atoms with Gasteiger partial charge in [-0.05, 0) is 61.1 Å². The second-order valence-corrected chi connectivity index (χ2v) is 7.55. The van der Waals surface area contributed by atoms with Gasteiger partial charge in [0.1, 0.15) is 12.4 Å². The van der Waals surface area contributed by atoms with Gasteiger partial charge in [0.05, 0.1) is 29.9 Å². The second-order valence-electron chi connectivity index (χ2n) is 7.55. The quantitative estimate of drug-likeness (QED) is 0.515. The van der Waals surface area contributed by atoms with Crippen LogP contribution < -0.4 is 4.74 Å². The van der Waals surface area contributed by atoms with Crippen molar-refractivity contribution in [2.45, 2.75) is 53.0 Å². The summed E-state index contributed by atoms with van der Waals surface area (Å²) in [7, 11) is 1.71. The van der Waals surface area contributed by atoms with Crippen molar-refractivity contribution >= 4 is 11.0 Å². The molecule has 0 N–H and O–H groups in total. The minimum Gasteiger partial charge on any atom is -0.496 e. The summed E-state index contributed by atoms with van der Waals surface area (Å²) in [5.41, 5.74) is 7.33. The molecule has 144 valence electrons. The first-order valence-corrected chi connectivity index (χ1v) is 9.66. The largest absolute Gasteiger partial charge is 0.496 e. The van der Waals surface area contributed by atoms with Gasteiger partial charge in [0.15, 0.2) is 0 Å². The number of halogens is 1. The SMILES string of the molecule is CCc1cc2c(nc1-c1ccc(C(C)C)cc1OC)c(C)cn2[C@H](C)CF. The Morgan fingerprint density at radius 2 is 1.93 bits per heavy atom. The van der Waals surface area contributed by atoms with Crippen molar-refractivity contribution in [1.29, 1.82) is 0 Å². The predicted molar refractivity (Wildman–Crippen MR) is 111 cm³/mol. The number of alkyl halides is 1. The van der Waals surface area contributed by atoms with Crippen molar-refractivity contribution in [3.05, 3.63) is 47.2 Å². The van der Waals surface area contributed by atoms with Crippen LogP contribution in [-0.2, 0) is 6.42 Å². The topological polar surface area (TPSA) is 27.1 Å². The van der Waals surface area contributed by atoms with Gasteiger partial charge in [-0.15, -0.1) is 0 Å². The number of fused-ring (bicyclic) bond motifs is 1. The molecule has 2 aromatic heterocycles. The van der Waals surface area contributed by atoms with E-state index in [4.69, 9.17) is 9.72 Å². The molecule has 3 nitrogen and oxygen atoms in total. The summed E-state index contributed by atoms with van der Waals surface area (Å²) in [5, 5.41) is 0. The number of benzene rings is 1. The maximum absolute atomic E-state index is 13.3. The van der Waals surface area contributed by atoms with Crippen molar-refractivity contribution in [1.82, 2.24) is 9.55 Å². The third kappa shape index (κ3) is 3.45. The van der Waals surface area contributed by atoms with Crippen molar-refractivity contribution in [3.63, 3.8) is 0 Å². The van der Waals surface area contributed by atoms with Gasteiger partial charge in [0.25, 0.3) is 0 Å². The Hall–Kier alpha value is -2.36. The fourth-order valence-corrected chi connectivity index (χ4v) is 3.57. The van der Waals surface area contributed by atoms with E-state index in [9.17, 15) is 4.39 Å². The molecule has 0 aliphatic carbocycles. The van der Waals surface area contributed by atoms with E-state index in [0.29, 0.717) is 5.92 Å². The molecular weight excluding hydrogens is 339 g/mol. The number of nitrogens with zero attached hydrogens (tertiary/aromatic N) is 2. The third-order valence-electron chi connectivity index (χ3n) is 5.29. The zero-order valence-electron chi connectivity index (χ0n) is 17.1. The molecule has 2 heterocycles.